The van der Waals surface area contributed by atoms with Crippen molar-refractivity contribution in [2.45, 2.75) is 20.0 Å². The molecule has 0 atom stereocenters. The van der Waals surface area contributed by atoms with Gasteiger partial charge in [0.2, 0.25) is 0 Å². The zero-order chi connectivity index (χ0) is 11.4. The molecule has 0 fully saturated rings. The van der Waals surface area contributed by atoms with Gasteiger partial charge in [-0.2, -0.15) is 0 Å². The molecule has 2 aromatic rings. The first kappa shape index (κ1) is 10.5. The summed E-state index contributed by atoms with van der Waals surface area (Å²) in [5.41, 5.74) is 0. The minimum absolute atomic E-state index is 0.372. The van der Waals surface area contributed by atoms with Crippen molar-refractivity contribution in [2.75, 3.05) is 0 Å². The number of hydrogen-bond donors (Lipinski definition) is 0. The summed E-state index contributed by atoms with van der Waals surface area (Å²) in [5, 5.41) is 8.10. The fraction of sp³-hybridized carbons (Fsp3) is 0.400. The van der Waals surface area contributed by atoms with E-state index in [9.17, 15) is 0 Å². The van der Waals surface area contributed by atoms with Gasteiger partial charge in [0.05, 0.1) is 12.4 Å². The van der Waals surface area contributed by atoms with Crippen LogP contribution in [0, 0.1) is 0 Å². The lowest BCUT2D eigenvalue weighted by molar-refractivity contribution is 0.288. The third-order valence-electron chi connectivity index (χ3n) is 2.28. The number of hydrogen-bond acceptors (Lipinski definition) is 5. The molecule has 84 valence electrons. The Morgan fingerprint density at radius 2 is 1.88 bits per heavy atom. The molecule has 2 heterocycles. The summed E-state index contributed by atoms with van der Waals surface area (Å²) in [6.07, 6.45) is 5.55. The summed E-state index contributed by atoms with van der Waals surface area (Å²) >= 11 is 0. The molecular weight excluding hydrogens is 206 g/mol. The Morgan fingerprint density at radius 1 is 1.19 bits per heavy atom. The summed E-state index contributed by atoms with van der Waals surface area (Å²) in [6, 6.07) is 0. The van der Waals surface area contributed by atoms with Crippen LogP contribution in [0.3, 0.4) is 0 Å². The molecule has 0 aliphatic heterocycles. The van der Waals surface area contributed by atoms with Crippen LogP contribution >= 0.6 is 0 Å². The lowest BCUT2D eigenvalue weighted by atomic mass is 10.4. The van der Waals surface area contributed by atoms with E-state index >= 15 is 0 Å². The Kier molecular flexibility index (Phi) is 3.09. The number of aryl methyl sites for hydroxylation is 1. The second-order valence-corrected chi connectivity index (χ2v) is 3.31. The van der Waals surface area contributed by atoms with Crippen molar-refractivity contribution in [3.63, 3.8) is 0 Å². The van der Waals surface area contributed by atoms with Gasteiger partial charge >= 0.3 is 0 Å². The Hall–Kier alpha value is -1.98. The first-order valence-electron chi connectivity index (χ1n) is 5.06. The van der Waals surface area contributed by atoms with E-state index in [1.165, 1.54) is 6.33 Å². The quantitative estimate of drug-likeness (QED) is 0.759. The predicted octanol–water partition coefficient (Wildman–Crippen LogP) is 0.746. The molecule has 0 saturated carbocycles. The van der Waals surface area contributed by atoms with Gasteiger partial charge < -0.3 is 9.30 Å². The maximum atomic E-state index is 5.48. The molecule has 0 aliphatic carbocycles. The average molecular weight is 219 g/mol. The van der Waals surface area contributed by atoms with Crippen LogP contribution in [0.4, 0.5) is 0 Å². The molecule has 0 amide bonds. The minimum Gasteiger partial charge on any atom is -0.482 e. The van der Waals surface area contributed by atoms with Crippen molar-refractivity contribution in [3.05, 3.63) is 30.4 Å². The van der Waals surface area contributed by atoms with E-state index in [1.807, 2.05) is 18.5 Å². The Balaban J connectivity index is 2.02. The van der Waals surface area contributed by atoms with Gasteiger partial charge in [-0.15, -0.1) is 10.2 Å². The Labute approximate surface area is 93.3 Å². The van der Waals surface area contributed by atoms with Gasteiger partial charge in [0.1, 0.15) is 18.8 Å². The zero-order valence-electron chi connectivity index (χ0n) is 9.29. The Morgan fingerprint density at radius 3 is 2.50 bits per heavy atom. The van der Waals surface area contributed by atoms with E-state index in [0.29, 0.717) is 12.4 Å². The summed E-state index contributed by atoms with van der Waals surface area (Å²) in [4.78, 5) is 7.72. The first-order chi connectivity index (χ1) is 7.81. The zero-order valence-corrected chi connectivity index (χ0v) is 9.29. The molecule has 0 aliphatic rings. The van der Waals surface area contributed by atoms with E-state index in [-0.39, 0.29) is 0 Å². The van der Waals surface area contributed by atoms with Gasteiger partial charge in [0.15, 0.2) is 11.6 Å². The maximum Gasteiger partial charge on any atom is 0.170 e. The molecule has 0 aromatic carbocycles. The summed E-state index contributed by atoms with van der Waals surface area (Å²) in [7, 11) is 1.93. The van der Waals surface area contributed by atoms with Crippen LogP contribution in [0.2, 0.25) is 0 Å². The van der Waals surface area contributed by atoms with Crippen LogP contribution in [0.1, 0.15) is 18.6 Å². The van der Waals surface area contributed by atoms with Gasteiger partial charge in [-0.25, -0.2) is 9.97 Å². The second kappa shape index (κ2) is 4.69. The molecule has 16 heavy (non-hydrogen) atoms. The van der Waals surface area contributed by atoms with Crippen molar-refractivity contribution in [1.29, 1.82) is 0 Å². The highest BCUT2D eigenvalue weighted by Crippen LogP contribution is 2.08. The van der Waals surface area contributed by atoms with Gasteiger partial charge in [-0.3, -0.25) is 0 Å². The molecule has 2 rings (SSSR count). The maximum absolute atomic E-state index is 5.48. The number of aromatic nitrogens is 5. The number of ether oxygens (including phenoxy) is 1. The number of rotatable bonds is 4. The van der Waals surface area contributed by atoms with Crippen molar-refractivity contribution in [1.82, 2.24) is 24.7 Å². The molecule has 0 unspecified atom stereocenters. The molecule has 0 spiro atoms. The van der Waals surface area contributed by atoms with Crippen molar-refractivity contribution in [3.8, 4) is 5.75 Å². The smallest absolute Gasteiger partial charge is 0.170 e. The highest BCUT2D eigenvalue weighted by Gasteiger charge is 2.07. The third-order valence-corrected chi connectivity index (χ3v) is 2.28. The molecule has 0 radical (unpaired) electrons. The fourth-order valence-corrected chi connectivity index (χ4v) is 1.34. The SMILES string of the molecule is CCc1nnc(COc2cncnc2)n1C. The minimum atomic E-state index is 0.372. The van der Waals surface area contributed by atoms with Crippen LogP contribution in [0.5, 0.6) is 5.75 Å². The van der Waals surface area contributed by atoms with Gasteiger partial charge in [-0.05, 0) is 0 Å². The van der Waals surface area contributed by atoms with E-state index < -0.39 is 0 Å². The fourth-order valence-electron chi connectivity index (χ4n) is 1.34. The van der Waals surface area contributed by atoms with Crippen molar-refractivity contribution < 1.29 is 4.74 Å². The normalized spacial score (nSPS) is 10.4. The topological polar surface area (TPSA) is 65.7 Å². The summed E-state index contributed by atoms with van der Waals surface area (Å²) in [6.45, 7) is 2.41. The van der Waals surface area contributed by atoms with E-state index in [0.717, 1.165) is 18.1 Å². The van der Waals surface area contributed by atoms with E-state index in [2.05, 4.69) is 20.2 Å². The lowest BCUT2D eigenvalue weighted by Crippen LogP contribution is -2.05. The standard InChI is InChI=1S/C10H13N5O/c1-3-9-13-14-10(15(9)2)6-16-8-4-11-7-12-5-8/h4-5,7H,3,6H2,1-2H3. The molecule has 0 saturated heterocycles. The third kappa shape index (κ3) is 2.16. The summed E-state index contributed by atoms with van der Waals surface area (Å²) in [5.74, 6) is 2.37. The van der Waals surface area contributed by atoms with Crippen LogP contribution < -0.4 is 4.74 Å². The Bertz CT molecular complexity index is 453. The molecule has 0 N–H and O–H groups in total. The van der Waals surface area contributed by atoms with Gasteiger partial charge in [0.25, 0.3) is 0 Å². The van der Waals surface area contributed by atoms with Gasteiger partial charge in [0, 0.05) is 13.5 Å². The van der Waals surface area contributed by atoms with E-state index in [1.54, 1.807) is 12.4 Å². The average Bonchev–Trinajstić information content (AvgIpc) is 2.69. The lowest BCUT2D eigenvalue weighted by Gasteiger charge is -2.04. The predicted molar refractivity (Wildman–Crippen MR) is 56.7 cm³/mol. The van der Waals surface area contributed by atoms with Gasteiger partial charge in [-0.1, -0.05) is 6.92 Å². The van der Waals surface area contributed by atoms with Crippen molar-refractivity contribution >= 4 is 0 Å². The van der Waals surface area contributed by atoms with Crippen molar-refractivity contribution in [2.24, 2.45) is 7.05 Å². The highest BCUT2D eigenvalue weighted by atomic mass is 16.5. The summed E-state index contributed by atoms with van der Waals surface area (Å²) < 4.78 is 7.42. The second-order valence-electron chi connectivity index (χ2n) is 3.31. The first-order valence-corrected chi connectivity index (χ1v) is 5.06. The van der Waals surface area contributed by atoms with Crippen LogP contribution in [0.15, 0.2) is 18.7 Å². The molecule has 2 aromatic heterocycles. The highest BCUT2D eigenvalue weighted by molar-refractivity contribution is 5.10. The van der Waals surface area contributed by atoms with Crippen LogP contribution in [-0.4, -0.2) is 24.7 Å². The number of nitrogens with zero attached hydrogens (tertiary/aromatic N) is 5. The van der Waals surface area contributed by atoms with E-state index in [4.69, 9.17) is 4.74 Å². The largest absolute Gasteiger partial charge is 0.482 e. The molecular formula is C10H13N5O. The van der Waals surface area contributed by atoms with Crippen LogP contribution in [-0.2, 0) is 20.1 Å². The molecule has 6 nitrogen and oxygen atoms in total. The molecule has 6 heteroatoms. The van der Waals surface area contributed by atoms with Crippen LogP contribution in [0.25, 0.3) is 0 Å². The molecule has 0 bridgehead atoms. The monoisotopic (exact) mass is 219 g/mol.